The Morgan fingerprint density at radius 2 is 1.80 bits per heavy atom. The Labute approximate surface area is 119 Å². The number of benzene rings is 1. The van der Waals surface area contributed by atoms with Crippen molar-refractivity contribution in [1.82, 2.24) is 4.90 Å². The van der Waals surface area contributed by atoms with Crippen LogP contribution >= 0.6 is 0 Å². The Hall–Kier alpha value is -1.88. The van der Waals surface area contributed by atoms with Gasteiger partial charge >= 0.3 is 5.97 Å². The van der Waals surface area contributed by atoms with Gasteiger partial charge in [0.05, 0.1) is 12.5 Å². The highest BCUT2D eigenvalue weighted by Crippen LogP contribution is 2.11. The zero-order valence-corrected chi connectivity index (χ0v) is 12.2. The molecule has 0 spiro atoms. The molecule has 0 saturated heterocycles. The fraction of sp³-hybridized carbons (Fsp3) is 0.467. The Balaban J connectivity index is 2.66. The van der Waals surface area contributed by atoms with Gasteiger partial charge < -0.3 is 10.4 Å². The first-order chi connectivity index (χ1) is 9.41. The predicted molar refractivity (Wildman–Crippen MR) is 78.6 cm³/mol. The molecule has 0 radical (unpaired) electrons. The molecule has 110 valence electrons. The van der Waals surface area contributed by atoms with E-state index in [0.717, 1.165) is 5.69 Å². The third-order valence-corrected chi connectivity index (χ3v) is 3.17. The van der Waals surface area contributed by atoms with Gasteiger partial charge in [-0.1, -0.05) is 18.2 Å². The Morgan fingerprint density at radius 1 is 1.20 bits per heavy atom. The molecule has 1 aromatic rings. The first-order valence-corrected chi connectivity index (χ1v) is 6.75. The average Bonchev–Trinajstić information content (AvgIpc) is 2.39. The van der Waals surface area contributed by atoms with E-state index in [9.17, 15) is 9.59 Å². The summed E-state index contributed by atoms with van der Waals surface area (Å²) in [6.07, 6.45) is 0.0289. The predicted octanol–water partition coefficient (Wildman–Crippen LogP) is 2.20. The van der Waals surface area contributed by atoms with Gasteiger partial charge in [0.15, 0.2) is 0 Å². The highest BCUT2D eigenvalue weighted by molar-refractivity contribution is 5.94. The molecule has 1 rings (SSSR count). The minimum absolute atomic E-state index is 0.0289. The second kappa shape index (κ2) is 7.65. The van der Waals surface area contributed by atoms with Crippen LogP contribution in [0.3, 0.4) is 0 Å². The minimum Gasteiger partial charge on any atom is -0.481 e. The van der Waals surface area contributed by atoms with E-state index in [0.29, 0.717) is 6.54 Å². The molecule has 0 aliphatic carbocycles. The lowest BCUT2D eigenvalue weighted by Gasteiger charge is -2.31. The molecule has 0 heterocycles. The van der Waals surface area contributed by atoms with Gasteiger partial charge in [-0.05, 0) is 32.9 Å². The summed E-state index contributed by atoms with van der Waals surface area (Å²) >= 11 is 0. The van der Waals surface area contributed by atoms with E-state index in [2.05, 4.69) is 5.32 Å². The first-order valence-electron chi connectivity index (χ1n) is 6.75. The largest absolute Gasteiger partial charge is 0.481 e. The second-order valence-corrected chi connectivity index (χ2v) is 5.01. The lowest BCUT2D eigenvalue weighted by molar-refractivity contribution is -0.138. The summed E-state index contributed by atoms with van der Waals surface area (Å²) in [5.41, 5.74) is 0.742. The number of carboxylic acid groups (broad SMARTS) is 1. The van der Waals surface area contributed by atoms with E-state index in [1.807, 2.05) is 49.1 Å². The summed E-state index contributed by atoms with van der Waals surface area (Å²) in [6, 6.07) is 8.95. The van der Waals surface area contributed by atoms with Gasteiger partial charge in [-0.2, -0.15) is 0 Å². The standard InChI is InChI=1S/C15H22N2O3/c1-11(2)17(10-9-14(18)19)12(3)15(20)16-13-7-5-4-6-8-13/h4-8,11-12H,9-10H2,1-3H3,(H,16,20)(H,18,19). The molecule has 20 heavy (non-hydrogen) atoms. The zero-order valence-electron chi connectivity index (χ0n) is 12.2. The molecule has 5 nitrogen and oxygen atoms in total. The van der Waals surface area contributed by atoms with Crippen LogP contribution in [0, 0.1) is 0 Å². The van der Waals surface area contributed by atoms with Crippen LogP contribution in [0.25, 0.3) is 0 Å². The van der Waals surface area contributed by atoms with E-state index in [1.165, 1.54) is 0 Å². The maximum absolute atomic E-state index is 12.2. The summed E-state index contributed by atoms with van der Waals surface area (Å²) in [7, 11) is 0. The molecule has 0 bridgehead atoms. The van der Waals surface area contributed by atoms with Gasteiger partial charge in [-0.3, -0.25) is 14.5 Å². The third-order valence-electron chi connectivity index (χ3n) is 3.17. The van der Waals surface area contributed by atoms with Crippen molar-refractivity contribution in [3.63, 3.8) is 0 Å². The molecule has 0 aliphatic heterocycles. The highest BCUT2D eigenvalue weighted by atomic mass is 16.4. The lowest BCUT2D eigenvalue weighted by atomic mass is 10.2. The SMILES string of the molecule is CC(C)N(CCC(=O)O)C(C)C(=O)Nc1ccccc1. The quantitative estimate of drug-likeness (QED) is 0.802. The molecule has 1 amide bonds. The normalized spacial score (nSPS) is 12.4. The van der Waals surface area contributed by atoms with Crippen molar-refractivity contribution in [3.8, 4) is 0 Å². The first kappa shape index (κ1) is 16.2. The highest BCUT2D eigenvalue weighted by Gasteiger charge is 2.24. The molecule has 0 aliphatic rings. The Bertz CT molecular complexity index is 446. The van der Waals surface area contributed by atoms with Crippen LogP contribution in [0.15, 0.2) is 30.3 Å². The van der Waals surface area contributed by atoms with Crippen molar-refractivity contribution < 1.29 is 14.7 Å². The number of hydrogen-bond acceptors (Lipinski definition) is 3. The zero-order chi connectivity index (χ0) is 15.1. The molecule has 5 heteroatoms. The number of hydrogen-bond donors (Lipinski definition) is 2. The Morgan fingerprint density at radius 3 is 2.30 bits per heavy atom. The number of nitrogens with one attached hydrogen (secondary N) is 1. The molecular formula is C15H22N2O3. The van der Waals surface area contributed by atoms with Gasteiger partial charge in [0, 0.05) is 18.3 Å². The maximum Gasteiger partial charge on any atom is 0.304 e. The van der Waals surface area contributed by atoms with Gasteiger partial charge in [0.1, 0.15) is 0 Å². The molecule has 1 unspecified atom stereocenters. The van der Waals surface area contributed by atoms with Crippen molar-refractivity contribution >= 4 is 17.6 Å². The fourth-order valence-corrected chi connectivity index (χ4v) is 2.04. The lowest BCUT2D eigenvalue weighted by Crippen LogP contribution is -2.46. The number of carbonyl (C=O) groups is 2. The van der Waals surface area contributed by atoms with Crippen molar-refractivity contribution in [3.05, 3.63) is 30.3 Å². The topological polar surface area (TPSA) is 69.6 Å². The summed E-state index contributed by atoms with van der Waals surface area (Å²) in [5.74, 6) is -0.985. The summed E-state index contributed by atoms with van der Waals surface area (Å²) in [5, 5.41) is 11.6. The van der Waals surface area contributed by atoms with Crippen LogP contribution in [0.4, 0.5) is 5.69 Å². The maximum atomic E-state index is 12.2. The van der Waals surface area contributed by atoms with Crippen molar-refractivity contribution in [2.24, 2.45) is 0 Å². The van der Waals surface area contributed by atoms with E-state index in [4.69, 9.17) is 5.11 Å². The molecule has 0 fully saturated rings. The number of carboxylic acids is 1. The average molecular weight is 278 g/mol. The van der Waals surface area contributed by atoms with Gasteiger partial charge in [0.25, 0.3) is 0 Å². The minimum atomic E-state index is -0.855. The Kier molecular flexibility index (Phi) is 6.18. The number of para-hydroxylation sites is 1. The van der Waals surface area contributed by atoms with Crippen LogP contribution < -0.4 is 5.32 Å². The van der Waals surface area contributed by atoms with Crippen molar-refractivity contribution in [2.45, 2.75) is 39.3 Å². The number of nitrogens with zero attached hydrogens (tertiary/aromatic N) is 1. The molecule has 1 aromatic carbocycles. The second-order valence-electron chi connectivity index (χ2n) is 5.01. The van der Waals surface area contributed by atoms with Crippen LogP contribution in [0.2, 0.25) is 0 Å². The number of anilines is 1. The van der Waals surface area contributed by atoms with Crippen LogP contribution in [-0.4, -0.2) is 40.5 Å². The van der Waals surface area contributed by atoms with Crippen LogP contribution in [0.5, 0.6) is 0 Å². The van der Waals surface area contributed by atoms with Crippen LogP contribution in [-0.2, 0) is 9.59 Å². The molecule has 1 atom stereocenters. The molecule has 2 N–H and O–H groups in total. The summed E-state index contributed by atoms with van der Waals surface area (Å²) in [4.78, 5) is 24.8. The van der Waals surface area contributed by atoms with E-state index >= 15 is 0 Å². The monoisotopic (exact) mass is 278 g/mol. The number of carbonyl (C=O) groups excluding carboxylic acids is 1. The molecular weight excluding hydrogens is 256 g/mol. The summed E-state index contributed by atoms with van der Waals surface area (Å²) in [6.45, 7) is 6.05. The van der Waals surface area contributed by atoms with E-state index in [1.54, 1.807) is 6.92 Å². The number of amides is 1. The van der Waals surface area contributed by atoms with E-state index in [-0.39, 0.29) is 24.4 Å². The molecule has 0 saturated carbocycles. The molecule has 0 aromatic heterocycles. The van der Waals surface area contributed by atoms with Crippen LogP contribution in [0.1, 0.15) is 27.2 Å². The summed E-state index contributed by atoms with van der Waals surface area (Å²) < 4.78 is 0. The third kappa shape index (κ3) is 5.01. The number of aliphatic carboxylic acids is 1. The van der Waals surface area contributed by atoms with Crippen molar-refractivity contribution in [1.29, 1.82) is 0 Å². The number of rotatable bonds is 7. The van der Waals surface area contributed by atoms with Gasteiger partial charge in [-0.15, -0.1) is 0 Å². The van der Waals surface area contributed by atoms with Gasteiger partial charge in [0.2, 0.25) is 5.91 Å². The van der Waals surface area contributed by atoms with E-state index < -0.39 is 5.97 Å². The fourth-order valence-electron chi connectivity index (χ4n) is 2.04. The smallest absolute Gasteiger partial charge is 0.304 e. The van der Waals surface area contributed by atoms with Crippen molar-refractivity contribution in [2.75, 3.05) is 11.9 Å². The van der Waals surface area contributed by atoms with Gasteiger partial charge in [-0.25, -0.2) is 0 Å².